The van der Waals surface area contributed by atoms with Crippen molar-refractivity contribution in [2.75, 3.05) is 0 Å². The Balaban J connectivity index is 1.14. The van der Waals surface area contributed by atoms with E-state index in [-0.39, 0.29) is 0 Å². The van der Waals surface area contributed by atoms with Gasteiger partial charge in [0.15, 0.2) is 17.5 Å². The molecule has 0 aliphatic heterocycles. The summed E-state index contributed by atoms with van der Waals surface area (Å²) < 4.78 is 2.42. The third-order valence-electron chi connectivity index (χ3n) is 11.2. The topological polar surface area (TPSA) is 68.9 Å². The normalized spacial score (nSPS) is 11.9. The van der Waals surface area contributed by atoms with Crippen molar-refractivity contribution < 1.29 is 0 Å². The molecule has 0 aliphatic rings. The lowest BCUT2D eigenvalue weighted by atomic mass is 9.97. The van der Waals surface area contributed by atoms with Gasteiger partial charge < -0.3 is 4.40 Å². The average Bonchev–Trinajstić information content (AvgIpc) is 3.63. The molecule has 264 valence electrons. The van der Waals surface area contributed by atoms with Crippen LogP contribution in [0.2, 0.25) is 0 Å². The molecular weight excluding hydrogens is 697 g/mol. The summed E-state index contributed by atoms with van der Waals surface area (Å²) in [5, 5.41) is 8.08. The molecule has 0 saturated carbocycles. The van der Waals surface area contributed by atoms with Crippen molar-refractivity contribution in [2.24, 2.45) is 0 Å². The van der Waals surface area contributed by atoms with Gasteiger partial charge >= 0.3 is 0 Å². The molecule has 6 nitrogen and oxygen atoms in total. The summed E-state index contributed by atoms with van der Waals surface area (Å²) >= 11 is 0. The van der Waals surface area contributed by atoms with Crippen molar-refractivity contribution in [3.05, 3.63) is 182 Å². The summed E-state index contributed by atoms with van der Waals surface area (Å²) in [6.07, 6.45) is 0. The molecule has 0 N–H and O–H groups in total. The van der Waals surface area contributed by atoms with Crippen molar-refractivity contribution in [3.63, 3.8) is 0 Å². The first-order valence-electron chi connectivity index (χ1n) is 19.1. The van der Waals surface area contributed by atoms with Crippen LogP contribution >= 0.6 is 0 Å². The van der Waals surface area contributed by atoms with Gasteiger partial charge in [0.05, 0.1) is 27.8 Å². The molecule has 8 aromatic carbocycles. The van der Waals surface area contributed by atoms with E-state index in [2.05, 4.69) is 144 Å². The first-order valence-corrected chi connectivity index (χ1v) is 19.1. The summed E-state index contributed by atoms with van der Waals surface area (Å²) in [5.74, 6) is 1.96. The van der Waals surface area contributed by atoms with Crippen molar-refractivity contribution in [2.45, 2.75) is 0 Å². The van der Waals surface area contributed by atoms with Gasteiger partial charge in [-0.25, -0.2) is 24.9 Å². The maximum atomic E-state index is 5.24. The SMILES string of the molecule is c1ccc(-c2ccc(-c3nc(-c4cc5c6cccc7cccc(c76)n6c7ccccc7c(c4)c56)nc(-c4nc(-c5ccccc5)c5ccccc5n4)n3)cc2)cc1. The number of pyridine rings is 1. The Hall–Kier alpha value is -7.83. The Morgan fingerprint density at radius 3 is 1.65 bits per heavy atom. The second-order valence-electron chi connectivity index (χ2n) is 14.5. The largest absolute Gasteiger partial charge is 0.308 e. The number of aromatic nitrogens is 6. The summed E-state index contributed by atoms with van der Waals surface area (Å²) in [5.41, 5.74) is 10.2. The van der Waals surface area contributed by atoms with Crippen molar-refractivity contribution in [3.8, 4) is 56.8 Å². The third kappa shape index (κ3) is 4.94. The number of fused-ring (bicyclic) bond motifs is 6. The van der Waals surface area contributed by atoms with Gasteiger partial charge in [-0.3, -0.25) is 0 Å². The minimum Gasteiger partial charge on any atom is -0.308 e. The first-order chi connectivity index (χ1) is 28.2. The Morgan fingerprint density at radius 2 is 0.860 bits per heavy atom. The molecule has 4 aromatic heterocycles. The molecule has 12 rings (SSSR count). The minimum absolute atomic E-state index is 0.411. The number of hydrogen-bond acceptors (Lipinski definition) is 5. The zero-order valence-corrected chi connectivity index (χ0v) is 30.5. The van der Waals surface area contributed by atoms with E-state index in [0.29, 0.717) is 23.3 Å². The number of benzene rings is 8. The van der Waals surface area contributed by atoms with Gasteiger partial charge in [0.1, 0.15) is 0 Å². The summed E-state index contributed by atoms with van der Waals surface area (Å²) in [6.45, 7) is 0. The van der Waals surface area contributed by atoms with Gasteiger partial charge in [-0.15, -0.1) is 0 Å². The summed E-state index contributed by atoms with van der Waals surface area (Å²) in [6, 6.07) is 63.4. The zero-order valence-electron chi connectivity index (χ0n) is 30.5. The zero-order chi connectivity index (χ0) is 37.5. The van der Waals surface area contributed by atoms with Crippen LogP contribution in [-0.4, -0.2) is 29.3 Å². The smallest absolute Gasteiger partial charge is 0.201 e. The lowest BCUT2D eigenvalue weighted by molar-refractivity contribution is 1.04. The Labute approximate surface area is 326 Å². The van der Waals surface area contributed by atoms with Gasteiger partial charge in [-0.1, -0.05) is 152 Å². The van der Waals surface area contributed by atoms with Crippen molar-refractivity contribution >= 4 is 59.8 Å². The highest BCUT2D eigenvalue weighted by Gasteiger charge is 2.22. The first kappa shape index (κ1) is 31.5. The van der Waals surface area contributed by atoms with Crippen LogP contribution in [0.1, 0.15) is 0 Å². The number of hydrogen-bond donors (Lipinski definition) is 0. The van der Waals surface area contributed by atoms with E-state index >= 15 is 0 Å². The molecule has 12 aromatic rings. The molecule has 0 bridgehead atoms. The monoisotopic (exact) mass is 726 g/mol. The molecular formula is C51H30N6. The van der Waals surface area contributed by atoms with Crippen LogP contribution in [0.4, 0.5) is 0 Å². The molecule has 0 aliphatic carbocycles. The standard InChI is InChI=1S/C51H30N6/c1-3-13-31(14-4-1)32-25-27-35(28-26-32)48-54-49(56-51(55-48)50-52-42-22-9-7-20-39(42)46(53-50)34-15-5-2-6-16-34)36-29-40-37-19-8-10-23-43(37)57-44-24-12-18-33-17-11-21-38(45(33)44)41(30-36)47(40)57/h1-30H. The fourth-order valence-electron chi connectivity index (χ4n) is 8.58. The van der Waals surface area contributed by atoms with Gasteiger partial charge in [0, 0.05) is 43.6 Å². The van der Waals surface area contributed by atoms with E-state index in [4.69, 9.17) is 24.9 Å². The maximum Gasteiger partial charge on any atom is 0.201 e. The van der Waals surface area contributed by atoms with Crippen LogP contribution < -0.4 is 0 Å². The Bertz CT molecular complexity index is 3500. The predicted molar refractivity (Wildman–Crippen MR) is 232 cm³/mol. The van der Waals surface area contributed by atoms with E-state index in [1.54, 1.807) is 0 Å². The van der Waals surface area contributed by atoms with Gasteiger partial charge in [-0.05, 0) is 52.2 Å². The molecule has 6 heteroatoms. The molecule has 0 atom stereocenters. The molecule has 0 fully saturated rings. The van der Waals surface area contributed by atoms with Gasteiger partial charge in [0.2, 0.25) is 5.82 Å². The number of nitrogens with zero attached hydrogens (tertiary/aromatic N) is 6. The highest BCUT2D eigenvalue weighted by molar-refractivity contribution is 6.27. The predicted octanol–water partition coefficient (Wildman–Crippen LogP) is 12.5. The second-order valence-corrected chi connectivity index (χ2v) is 14.5. The summed E-state index contributed by atoms with van der Waals surface area (Å²) in [4.78, 5) is 25.9. The van der Waals surface area contributed by atoms with Gasteiger partial charge in [0.25, 0.3) is 0 Å². The number of para-hydroxylation sites is 2. The Kier molecular flexibility index (Phi) is 6.83. The highest BCUT2D eigenvalue weighted by atomic mass is 15.1. The Morgan fingerprint density at radius 1 is 0.316 bits per heavy atom. The quantitative estimate of drug-likeness (QED) is 0.130. The van der Waals surface area contributed by atoms with Crippen molar-refractivity contribution in [1.29, 1.82) is 0 Å². The number of rotatable bonds is 5. The van der Waals surface area contributed by atoms with Crippen LogP contribution in [0.5, 0.6) is 0 Å². The van der Waals surface area contributed by atoms with Gasteiger partial charge in [-0.2, -0.15) is 0 Å². The van der Waals surface area contributed by atoms with Crippen LogP contribution in [-0.2, 0) is 0 Å². The van der Waals surface area contributed by atoms with Crippen LogP contribution in [0.25, 0.3) is 117 Å². The molecule has 57 heavy (non-hydrogen) atoms. The molecule has 4 heterocycles. The average molecular weight is 727 g/mol. The molecule has 0 radical (unpaired) electrons. The van der Waals surface area contributed by atoms with E-state index in [9.17, 15) is 0 Å². The lowest BCUT2D eigenvalue weighted by Crippen LogP contribution is -2.04. The third-order valence-corrected chi connectivity index (χ3v) is 11.2. The van der Waals surface area contributed by atoms with E-state index in [0.717, 1.165) is 55.2 Å². The molecule has 0 saturated heterocycles. The molecule has 0 spiro atoms. The second kappa shape index (κ2) is 12.3. The fraction of sp³-hybridized carbons (Fsp3) is 0. The molecule has 0 unspecified atom stereocenters. The minimum atomic E-state index is 0.411. The highest BCUT2D eigenvalue weighted by Crippen LogP contribution is 2.42. The summed E-state index contributed by atoms with van der Waals surface area (Å²) in [7, 11) is 0. The van der Waals surface area contributed by atoms with Crippen LogP contribution in [0, 0.1) is 0 Å². The van der Waals surface area contributed by atoms with E-state index in [1.165, 1.54) is 38.1 Å². The van der Waals surface area contributed by atoms with E-state index in [1.807, 2.05) is 42.5 Å². The molecule has 0 amide bonds. The lowest BCUT2D eigenvalue weighted by Gasteiger charge is -2.14. The fourth-order valence-corrected chi connectivity index (χ4v) is 8.58. The maximum absolute atomic E-state index is 5.24. The van der Waals surface area contributed by atoms with Crippen molar-refractivity contribution in [1.82, 2.24) is 29.3 Å². The van der Waals surface area contributed by atoms with Crippen LogP contribution in [0.3, 0.4) is 0 Å². The van der Waals surface area contributed by atoms with E-state index < -0.39 is 0 Å². The van der Waals surface area contributed by atoms with Crippen LogP contribution in [0.15, 0.2) is 182 Å².